The van der Waals surface area contributed by atoms with Crippen molar-refractivity contribution in [3.8, 4) is 5.69 Å². The van der Waals surface area contributed by atoms with Crippen LogP contribution in [-0.4, -0.2) is 27.3 Å². The smallest absolute Gasteiger partial charge is 0.269 e. The van der Waals surface area contributed by atoms with Crippen molar-refractivity contribution in [3.05, 3.63) is 48.3 Å². The summed E-state index contributed by atoms with van der Waals surface area (Å²) in [6, 6.07) is 9.04. The highest BCUT2D eigenvalue weighted by Crippen LogP contribution is 2.09. The number of thiocarbonyl (C=S) groups is 1. The highest BCUT2D eigenvalue weighted by atomic mass is 32.1. The third-order valence-corrected chi connectivity index (χ3v) is 4.35. The molecule has 0 bridgehead atoms. The fourth-order valence-corrected chi connectivity index (χ4v) is 2.66. The van der Waals surface area contributed by atoms with Gasteiger partial charge in [-0.15, -0.1) is 0 Å². The Morgan fingerprint density at radius 1 is 1.23 bits per heavy atom. The first kappa shape index (κ1) is 19.9. The first-order valence-electron chi connectivity index (χ1n) is 9.04. The second kappa shape index (κ2) is 10.6. The first-order chi connectivity index (χ1) is 12.6. The molecule has 1 heterocycles. The quantitative estimate of drug-likeness (QED) is 0.377. The maximum atomic E-state index is 12.2. The number of hydrogen-bond donors (Lipinski definition) is 3. The Hall–Kier alpha value is -2.41. The van der Waals surface area contributed by atoms with Crippen LogP contribution in [0.25, 0.3) is 5.69 Å². The van der Waals surface area contributed by atoms with E-state index in [-0.39, 0.29) is 5.91 Å². The minimum Gasteiger partial charge on any atom is -0.361 e. The van der Waals surface area contributed by atoms with Crippen LogP contribution in [0.3, 0.4) is 0 Å². The molecule has 0 saturated carbocycles. The molecular formula is C19H27N5OS. The number of nitrogens with zero attached hydrogens (tertiary/aromatic N) is 2. The molecule has 6 nitrogen and oxygen atoms in total. The molecule has 0 spiro atoms. The summed E-state index contributed by atoms with van der Waals surface area (Å²) >= 11 is 5.20. The van der Waals surface area contributed by atoms with Crippen LogP contribution in [-0.2, 0) is 0 Å². The zero-order valence-corrected chi connectivity index (χ0v) is 16.2. The molecule has 1 aromatic heterocycles. The van der Waals surface area contributed by atoms with Crippen LogP contribution in [0.4, 0.5) is 0 Å². The molecule has 7 heteroatoms. The van der Waals surface area contributed by atoms with Gasteiger partial charge in [0.25, 0.3) is 5.91 Å². The van der Waals surface area contributed by atoms with Crippen LogP contribution < -0.4 is 16.2 Å². The molecule has 0 radical (unpaired) electrons. The summed E-state index contributed by atoms with van der Waals surface area (Å²) in [7, 11) is 0. The largest absolute Gasteiger partial charge is 0.361 e. The fourth-order valence-electron chi connectivity index (χ4n) is 2.53. The van der Waals surface area contributed by atoms with E-state index in [2.05, 4.69) is 35.1 Å². The molecule has 1 aromatic carbocycles. The van der Waals surface area contributed by atoms with E-state index in [0.29, 0.717) is 16.6 Å². The van der Waals surface area contributed by atoms with Crippen LogP contribution >= 0.6 is 12.2 Å². The maximum absolute atomic E-state index is 12.2. The number of carbonyl (C=O) groups is 1. The Balaban J connectivity index is 1.71. The van der Waals surface area contributed by atoms with Gasteiger partial charge in [0.05, 0.1) is 5.69 Å². The topological polar surface area (TPSA) is 71.0 Å². The van der Waals surface area contributed by atoms with Gasteiger partial charge in [-0.05, 0) is 54.9 Å². The SMILES string of the molecule is CCCCC[C@H](C)CNC(=S)NNC(=O)c1ccc(-n2cccn2)cc1. The van der Waals surface area contributed by atoms with Gasteiger partial charge in [-0.1, -0.05) is 33.1 Å². The number of carbonyl (C=O) groups excluding carboxylic acids is 1. The molecule has 0 aliphatic heterocycles. The van der Waals surface area contributed by atoms with E-state index >= 15 is 0 Å². The zero-order chi connectivity index (χ0) is 18.8. The van der Waals surface area contributed by atoms with E-state index in [0.717, 1.165) is 12.2 Å². The molecule has 26 heavy (non-hydrogen) atoms. The van der Waals surface area contributed by atoms with Gasteiger partial charge in [0.2, 0.25) is 0 Å². The lowest BCUT2D eigenvalue weighted by molar-refractivity contribution is 0.0943. The van der Waals surface area contributed by atoms with Crippen LogP contribution in [0.2, 0.25) is 0 Å². The van der Waals surface area contributed by atoms with Crippen molar-refractivity contribution in [2.75, 3.05) is 6.54 Å². The van der Waals surface area contributed by atoms with Crippen molar-refractivity contribution >= 4 is 23.2 Å². The standard InChI is InChI=1S/C19H27N5OS/c1-3-4-5-7-15(2)14-20-19(26)23-22-18(25)16-8-10-17(11-9-16)24-13-6-12-21-24/h6,8-13,15H,3-5,7,14H2,1-2H3,(H,22,25)(H2,20,23,26)/t15-/m0/s1. The number of benzene rings is 1. The number of hydrogen-bond acceptors (Lipinski definition) is 3. The first-order valence-corrected chi connectivity index (χ1v) is 9.45. The lowest BCUT2D eigenvalue weighted by atomic mass is 10.0. The van der Waals surface area contributed by atoms with Gasteiger partial charge in [-0.2, -0.15) is 5.10 Å². The molecule has 0 saturated heterocycles. The van der Waals surface area contributed by atoms with Gasteiger partial charge in [0, 0.05) is 24.5 Å². The van der Waals surface area contributed by atoms with E-state index in [4.69, 9.17) is 12.2 Å². The number of aromatic nitrogens is 2. The summed E-state index contributed by atoms with van der Waals surface area (Å²) in [6.45, 7) is 5.20. The monoisotopic (exact) mass is 373 g/mol. The molecule has 3 N–H and O–H groups in total. The predicted octanol–water partition coefficient (Wildman–Crippen LogP) is 3.20. The van der Waals surface area contributed by atoms with Crippen LogP contribution in [0.1, 0.15) is 49.9 Å². The Labute approximate surface area is 160 Å². The number of nitrogens with one attached hydrogen (secondary N) is 3. The molecule has 1 atom stereocenters. The van der Waals surface area contributed by atoms with Crippen molar-refractivity contribution in [1.29, 1.82) is 0 Å². The zero-order valence-electron chi connectivity index (χ0n) is 15.4. The molecule has 0 fully saturated rings. The number of amides is 1. The van der Waals surface area contributed by atoms with Crippen molar-refractivity contribution in [2.45, 2.75) is 39.5 Å². The van der Waals surface area contributed by atoms with Gasteiger partial charge in [0.15, 0.2) is 5.11 Å². The van der Waals surface area contributed by atoms with Crippen molar-refractivity contribution < 1.29 is 4.79 Å². The summed E-state index contributed by atoms with van der Waals surface area (Å²) in [5.74, 6) is 0.309. The van der Waals surface area contributed by atoms with E-state index in [1.54, 1.807) is 23.0 Å². The normalized spacial score (nSPS) is 11.6. The summed E-state index contributed by atoms with van der Waals surface area (Å²) < 4.78 is 1.74. The third kappa shape index (κ3) is 6.48. The second-order valence-electron chi connectivity index (χ2n) is 6.39. The summed E-state index contributed by atoms with van der Waals surface area (Å²) in [5, 5.41) is 7.72. The molecule has 2 rings (SSSR count). The lowest BCUT2D eigenvalue weighted by Gasteiger charge is -2.15. The molecular weight excluding hydrogens is 346 g/mol. The van der Waals surface area contributed by atoms with Crippen LogP contribution in [0, 0.1) is 5.92 Å². The Morgan fingerprint density at radius 2 is 2.00 bits per heavy atom. The van der Waals surface area contributed by atoms with Gasteiger partial charge in [-0.3, -0.25) is 15.6 Å². The highest BCUT2D eigenvalue weighted by molar-refractivity contribution is 7.80. The summed E-state index contributed by atoms with van der Waals surface area (Å²) in [4.78, 5) is 12.2. The van der Waals surface area contributed by atoms with Crippen LogP contribution in [0.5, 0.6) is 0 Å². The Bertz CT molecular complexity index is 684. The summed E-state index contributed by atoms with van der Waals surface area (Å²) in [5.41, 5.74) is 6.81. The molecule has 2 aromatic rings. The summed E-state index contributed by atoms with van der Waals surface area (Å²) in [6.07, 6.45) is 8.48. The molecule has 1 amide bonds. The van der Waals surface area contributed by atoms with Gasteiger partial charge in [0.1, 0.15) is 0 Å². The lowest BCUT2D eigenvalue weighted by Crippen LogP contribution is -2.47. The number of unbranched alkanes of at least 4 members (excludes halogenated alkanes) is 2. The highest BCUT2D eigenvalue weighted by Gasteiger charge is 2.07. The van der Waals surface area contributed by atoms with E-state index in [1.165, 1.54) is 25.7 Å². The van der Waals surface area contributed by atoms with Gasteiger partial charge >= 0.3 is 0 Å². The fraction of sp³-hybridized carbons (Fsp3) is 0.421. The molecule has 0 aliphatic carbocycles. The molecule has 0 aliphatic rings. The average Bonchev–Trinajstić information content (AvgIpc) is 3.19. The van der Waals surface area contributed by atoms with Crippen LogP contribution in [0.15, 0.2) is 42.7 Å². The van der Waals surface area contributed by atoms with E-state index in [9.17, 15) is 4.79 Å². The van der Waals surface area contributed by atoms with E-state index in [1.807, 2.05) is 24.4 Å². The van der Waals surface area contributed by atoms with Gasteiger partial charge in [-0.25, -0.2) is 4.68 Å². The van der Waals surface area contributed by atoms with Crippen molar-refractivity contribution in [1.82, 2.24) is 25.9 Å². The minimum atomic E-state index is -0.239. The maximum Gasteiger partial charge on any atom is 0.269 e. The number of rotatable bonds is 8. The Kier molecular flexibility index (Phi) is 8.08. The molecule has 140 valence electrons. The second-order valence-corrected chi connectivity index (χ2v) is 6.80. The number of hydrazine groups is 1. The Morgan fingerprint density at radius 3 is 2.65 bits per heavy atom. The predicted molar refractivity (Wildman–Crippen MR) is 108 cm³/mol. The van der Waals surface area contributed by atoms with Crippen molar-refractivity contribution in [2.24, 2.45) is 5.92 Å². The molecule has 0 unspecified atom stereocenters. The average molecular weight is 374 g/mol. The van der Waals surface area contributed by atoms with Gasteiger partial charge < -0.3 is 5.32 Å². The third-order valence-electron chi connectivity index (χ3n) is 4.10. The minimum absolute atomic E-state index is 0.239. The van der Waals surface area contributed by atoms with E-state index < -0.39 is 0 Å². The van der Waals surface area contributed by atoms with Crippen molar-refractivity contribution in [3.63, 3.8) is 0 Å².